The van der Waals surface area contributed by atoms with Crippen LogP contribution in [0.5, 0.6) is 0 Å². The summed E-state index contributed by atoms with van der Waals surface area (Å²) in [7, 11) is 0. The van der Waals surface area contributed by atoms with Crippen LogP contribution in [-0.4, -0.2) is 30.4 Å². The number of ketones is 1. The second-order valence-corrected chi connectivity index (χ2v) is 6.90. The average molecular weight is 382 g/mol. The number of ether oxygens (including phenoxy) is 1. The molecule has 0 saturated heterocycles. The van der Waals surface area contributed by atoms with Gasteiger partial charge in [-0.1, -0.05) is 74.5 Å². The Morgan fingerprint density at radius 1 is 0.929 bits per heavy atom. The van der Waals surface area contributed by atoms with Gasteiger partial charge < -0.3 is 15.4 Å². The molecule has 2 N–H and O–H groups in total. The normalized spacial score (nSPS) is 11.5. The lowest BCUT2D eigenvalue weighted by Gasteiger charge is -2.20. The molecule has 6 nitrogen and oxygen atoms in total. The van der Waals surface area contributed by atoms with E-state index in [1.165, 1.54) is 0 Å². The van der Waals surface area contributed by atoms with Crippen LogP contribution >= 0.6 is 0 Å². The minimum absolute atomic E-state index is 0.120. The van der Waals surface area contributed by atoms with Gasteiger partial charge in [-0.2, -0.15) is 0 Å². The van der Waals surface area contributed by atoms with Crippen molar-refractivity contribution in [1.29, 1.82) is 0 Å². The number of hydrogen-bond donors (Lipinski definition) is 2. The van der Waals surface area contributed by atoms with E-state index in [4.69, 9.17) is 4.74 Å². The van der Waals surface area contributed by atoms with Crippen molar-refractivity contribution in [1.82, 2.24) is 10.6 Å². The minimum atomic E-state index is -0.771. The van der Waals surface area contributed by atoms with Gasteiger partial charge in [0.1, 0.15) is 12.6 Å². The molecule has 0 aromatic heterocycles. The van der Waals surface area contributed by atoms with Crippen molar-refractivity contribution in [3.05, 3.63) is 71.8 Å². The van der Waals surface area contributed by atoms with Gasteiger partial charge in [-0.05, 0) is 17.9 Å². The van der Waals surface area contributed by atoms with Crippen molar-refractivity contribution >= 4 is 17.8 Å². The summed E-state index contributed by atoms with van der Waals surface area (Å²) in [6, 6.07) is 17.3. The maximum absolute atomic E-state index is 12.5. The molecule has 0 aliphatic heterocycles. The lowest BCUT2D eigenvalue weighted by atomic mass is 10.0. The minimum Gasteiger partial charge on any atom is -0.445 e. The van der Waals surface area contributed by atoms with Crippen LogP contribution < -0.4 is 10.6 Å². The van der Waals surface area contributed by atoms with E-state index < -0.39 is 18.0 Å². The SMILES string of the molecule is CC(C)C[C@H](NC(=O)OCc1ccccc1)C(=O)NCC(=O)c1ccccc1. The highest BCUT2D eigenvalue weighted by molar-refractivity contribution is 6.00. The molecule has 0 spiro atoms. The van der Waals surface area contributed by atoms with Crippen LogP contribution in [0.15, 0.2) is 60.7 Å². The topological polar surface area (TPSA) is 84.5 Å². The average Bonchev–Trinajstić information content (AvgIpc) is 2.71. The Morgan fingerprint density at radius 3 is 2.14 bits per heavy atom. The van der Waals surface area contributed by atoms with Crippen LogP contribution in [-0.2, 0) is 16.1 Å². The van der Waals surface area contributed by atoms with E-state index in [1.54, 1.807) is 24.3 Å². The lowest BCUT2D eigenvalue weighted by Crippen LogP contribution is -2.48. The second-order valence-electron chi connectivity index (χ2n) is 6.90. The Morgan fingerprint density at radius 2 is 1.54 bits per heavy atom. The Hall–Kier alpha value is -3.15. The molecule has 148 valence electrons. The van der Waals surface area contributed by atoms with Crippen molar-refractivity contribution in [3.8, 4) is 0 Å². The van der Waals surface area contributed by atoms with Crippen LogP contribution in [0.4, 0.5) is 4.79 Å². The van der Waals surface area contributed by atoms with Gasteiger partial charge in [-0.15, -0.1) is 0 Å². The van der Waals surface area contributed by atoms with E-state index in [9.17, 15) is 14.4 Å². The fourth-order valence-corrected chi connectivity index (χ4v) is 2.63. The smallest absolute Gasteiger partial charge is 0.408 e. The van der Waals surface area contributed by atoms with Crippen LogP contribution in [0.1, 0.15) is 36.2 Å². The molecule has 0 heterocycles. The van der Waals surface area contributed by atoms with Gasteiger partial charge in [0.25, 0.3) is 0 Å². The summed E-state index contributed by atoms with van der Waals surface area (Å²) in [5.74, 6) is -0.423. The third-order valence-corrected chi connectivity index (χ3v) is 4.05. The molecule has 2 aromatic carbocycles. The monoisotopic (exact) mass is 382 g/mol. The van der Waals surface area contributed by atoms with Crippen LogP contribution in [0, 0.1) is 5.92 Å². The van der Waals surface area contributed by atoms with Crippen LogP contribution in [0.3, 0.4) is 0 Å². The molecule has 2 aromatic rings. The first-order valence-electron chi connectivity index (χ1n) is 9.29. The van der Waals surface area contributed by atoms with Crippen molar-refractivity contribution in [3.63, 3.8) is 0 Å². The Bertz CT molecular complexity index is 776. The summed E-state index contributed by atoms with van der Waals surface area (Å²) in [5.41, 5.74) is 1.38. The second kappa shape index (κ2) is 10.9. The fraction of sp³-hybridized carbons (Fsp3) is 0.318. The fourth-order valence-electron chi connectivity index (χ4n) is 2.63. The molecule has 0 fully saturated rings. The number of rotatable bonds is 9. The molecule has 2 amide bonds. The van der Waals surface area contributed by atoms with E-state index >= 15 is 0 Å². The number of amides is 2. The molecule has 0 saturated carbocycles. The summed E-state index contributed by atoms with van der Waals surface area (Å²) in [6.45, 7) is 3.89. The molecule has 6 heteroatoms. The third-order valence-electron chi connectivity index (χ3n) is 4.05. The number of carbonyl (C=O) groups is 3. The third kappa shape index (κ3) is 7.23. The van der Waals surface area contributed by atoms with E-state index in [1.807, 2.05) is 50.2 Å². The quantitative estimate of drug-likeness (QED) is 0.652. The summed E-state index contributed by atoms with van der Waals surface area (Å²) in [4.78, 5) is 36.7. The van der Waals surface area contributed by atoms with E-state index in [0.29, 0.717) is 12.0 Å². The zero-order valence-electron chi connectivity index (χ0n) is 16.2. The number of alkyl carbamates (subject to hydrolysis) is 1. The molecular formula is C22H26N2O4. The zero-order valence-corrected chi connectivity index (χ0v) is 16.2. The molecule has 0 aliphatic carbocycles. The highest BCUT2D eigenvalue weighted by Crippen LogP contribution is 2.07. The van der Waals surface area contributed by atoms with Gasteiger partial charge in [0, 0.05) is 5.56 Å². The first-order chi connectivity index (χ1) is 13.5. The van der Waals surface area contributed by atoms with E-state index in [2.05, 4.69) is 10.6 Å². The highest BCUT2D eigenvalue weighted by atomic mass is 16.5. The lowest BCUT2D eigenvalue weighted by molar-refractivity contribution is -0.123. The predicted molar refractivity (Wildman–Crippen MR) is 107 cm³/mol. The molecule has 28 heavy (non-hydrogen) atoms. The van der Waals surface area contributed by atoms with Gasteiger partial charge in [0.05, 0.1) is 6.54 Å². The molecule has 2 rings (SSSR count). The Labute approximate surface area is 165 Å². The van der Waals surface area contributed by atoms with Crippen molar-refractivity contribution in [2.24, 2.45) is 5.92 Å². The number of hydrogen-bond acceptors (Lipinski definition) is 4. The van der Waals surface area contributed by atoms with Crippen molar-refractivity contribution in [2.45, 2.75) is 32.9 Å². The maximum Gasteiger partial charge on any atom is 0.408 e. The number of carbonyl (C=O) groups excluding carboxylic acids is 3. The summed E-state index contributed by atoms with van der Waals surface area (Å²) >= 11 is 0. The highest BCUT2D eigenvalue weighted by Gasteiger charge is 2.23. The molecule has 0 aliphatic rings. The molecule has 1 atom stereocenters. The Balaban J connectivity index is 1.87. The van der Waals surface area contributed by atoms with Gasteiger partial charge in [-0.25, -0.2) is 4.79 Å². The van der Waals surface area contributed by atoms with Gasteiger partial charge in [-0.3, -0.25) is 9.59 Å². The van der Waals surface area contributed by atoms with Crippen LogP contribution in [0.2, 0.25) is 0 Å². The van der Waals surface area contributed by atoms with Gasteiger partial charge in [0.15, 0.2) is 5.78 Å². The van der Waals surface area contributed by atoms with Crippen molar-refractivity contribution < 1.29 is 19.1 Å². The number of Topliss-reactive ketones (excluding diaryl/α,β-unsaturated/α-hetero) is 1. The van der Waals surface area contributed by atoms with Crippen LogP contribution in [0.25, 0.3) is 0 Å². The first-order valence-corrected chi connectivity index (χ1v) is 9.29. The van der Waals surface area contributed by atoms with Gasteiger partial charge in [0.2, 0.25) is 5.91 Å². The Kier molecular flexibility index (Phi) is 8.21. The largest absolute Gasteiger partial charge is 0.445 e. The first kappa shape index (κ1) is 21.2. The van der Waals surface area contributed by atoms with E-state index in [0.717, 1.165) is 5.56 Å². The standard InChI is InChI=1S/C22H26N2O4/c1-16(2)13-19(24-22(27)28-15-17-9-5-3-6-10-17)21(26)23-14-20(25)18-11-7-4-8-12-18/h3-12,16,19H,13-15H2,1-2H3,(H,23,26)(H,24,27)/t19-/m0/s1. The molecule has 0 unspecified atom stereocenters. The molecule has 0 bridgehead atoms. The summed E-state index contributed by atoms with van der Waals surface area (Å²) in [6.07, 6.45) is -0.231. The number of benzene rings is 2. The maximum atomic E-state index is 12.5. The van der Waals surface area contributed by atoms with Crippen molar-refractivity contribution in [2.75, 3.05) is 6.54 Å². The molecule has 0 radical (unpaired) electrons. The predicted octanol–water partition coefficient (Wildman–Crippen LogP) is 3.33. The number of nitrogens with one attached hydrogen (secondary N) is 2. The molecular weight excluding hydrogens is 356 g/mol. The summed E-state index contributed by atoms with van der Waals surface area (Å²) < 4.78 is 5.19. The zero-order chi connectivity index (χ0) is 20.4. The summed E-state index contributed by atoms with van der Waals surface area (Å²) in [5, 5.41) is 5.20. The van der Waals surface area contributed by atoms with Gasteiger partial charge >= 0.3 is 6.09 Å². The van der Waals surface area contributed by atoms with E-state index in [-0.39, 0.29) is 24.9 Å².